The number of hydrogen-bond acceptors (Lipinski definition) is 3. The number of amides is 1. The lowest BCUT2D eigenvalue weighted by Gasteiger charge is -2.27. The van der Waals surface area contributed by atoms with Crippen LogP contribution < -0.4 is 5.32 Å². The second-order valence-corrected chi connectivity index (χ2v) is 5.33. The van der Waals surface area contributed by atoms with Gasteiger partial charge in [0, 0.05) is 13.2 Å². The quantitative estimate of drug-likeness (QED) is 0.675. The summed E-state index contributed by atoms with van der Waals surface area (Å²) in [5.74, 6) is -1.21. The molecule has 0 aromatic heterocycles. The first-order valence-electron chi connectivity index (χ1n) is 6.85. The molecule has 0 fully saturated rings. The SMILES string of the molecule is CCC(C)(OC)C(=O)NC(C)CCCC(C)C(=O)O. The highest BCUT2D eigenvalue weighted by Crippen LogP contribution is 2.15. The molecule has 0 radical (unpaired) electrons. The number of ether oxygens (including phenoxy) is 1. The molecule has 0 saturated carbocycles. The van der Waals surface area contributed by atoms with Crippen molar-refractivity contribution in [3.05, 3.63) is 0 Å². The fourth-order valence-electron chi connectivity index (χ4n) is 1.70. The van der Waals surface area contributed by atoms with Gasteiger partial charge in [0.1, 0.15) is 5.60 Å². The molecule has 0 aliphatic heterocycles. The summed E-state index contributed by atoms with van der Waals surface area (Å²) in [4.78, 5) is 22.7. The van der Waals surface area contributed by atoms with Crippen molar-refractivity contribution in [1.29, 1.82) is 0 Å². The number of rotatable bonds is 9. The summed E-state index contributed by atoms with van der Waals surface area (Å²) in [7, 11) is 1.53. The Morgan fingerprint density at radius 3 is 2.32 bits per heavy atom. The molecule has 3 atom stereocenters. The fourth-order valence-corrected chi connectivity index (χ4v) is 1.70. The maximum absolute atomic E-state index is 12.0. The van der Waals surface area contributed by atoms with Crippen LogP contribution in [-0.4, -0.2) is 35.7 Å². The summed E-state index contributed by atoms with van der Waals surface area (Å²) in [6, 6.07) is 0.0227. The fraction of sp³-hybridized carbons (Fsp3) is 0.857. The van der Waals surface area contributed by atoms with Crippen LogP contribution in [0.3, 0.4) is 0 Å². The van der Waals surface area contributed by atoms with Crippen molar-refractivity contribution in [2.75, 3.05) is 7.11 Å². The van der Waals surface area contributed by atoms with Crippen LogP contribution in [0.4, 0.5) is 0 Å². The zero-order valence-corrected chi connectivity index (χ0v) is 12.7. The van der Waals surface area contributed by atoms with E-state index in [1.807, 2.05) is 13.8 Å². The van der Waals surface area contributed by atoms with Gasteiger partial charge in [-0.1, -0.05) is 20.3 Å². The van der Waals surface area contributed by atoms with Crippen LogP contribution in [0.15, 0.2) is 0 Å². The van der Waals surface area contributed by atoms with Crippen molar-refractivity contribution in [3.8, 4) is 0 Å². The van der Waals surface area contributed by atoms with Crippen molar-refractivity contribution in [2.45, 2.75) is 65.0 Å². The number of methoxy groups -OCH3 is 1. The van der Waals surface area contributed by atoms with E-state index in [1.54, 1.807) is 13.8 Å². The zero-order chi connectivity index (χ0) is 15.1. The first kappa shape index (κ1) is 17.9. The molecule has 0 spiro atoms. The normalized spacial score (nSPS) is 17.3. The lowest BCUT2D eigenvalue weighted by atomic mass is 9.99. The van der Waals surface area contributed by atoms with Gasteiger partial charge in [0.25, 0.3) is 5.91 Å². The second-order valence-electron chi connectivity index (χ2n) is 5.33. The molecule has 0 aliphatic carbocycles. The molecule has 3 unspecified atom stereocenters. The molecule has 0 saturated heterocycles. The van der Waals surface area contributed by atoms with Crippen LogP contribution in [0.25, 0.3) is 0 Å². The number of carbonyl (C=O) groups is 2. The Kier molecular flexibility index (Phi) is 7.68. The molecule has 0 aromatic carbocycles. The summed E-state index contributed by atoms with van der Waals surface area (Å²) < 4.78 is 5.23. The van der Waals surface area contributed by atoms with Gasteiger partial charge in [-0.2, -0.15) is 0 Å². The summed E-state index contributed by atoms with van der Waals surface area (Å²) >= 11 is 0. The monoisotopic (exact) mass is 273 g/mol. The predicted octanol–water partition coefficient (Wildman–Crippen LogP) is 2.20. The van der Waals surface area contributed by atoms with E-state index in [9.17, 15) is 9.59 Å². The van der Waals surface area contributed by atoms with Gasteiger partial charge in [0.2, 0.25) is 0 Å². The minimum atomic E-state index is -0.789. The largest absolute Gasteiger partial charge is 0.481 e. The van der Waals surface area contributed by atoms with Gasteiger partial charge in [0.15, 0.2) is 0 Å². The number of hydrogen-bond donors (Lipinski definition) is 2. The summed E-state index contributed by atoms with van der Waals surface area (Å²) in [5.41, 5.74) is -0.789. The van der Waals surface area contributed by atoms with Crippen molar-refractivity contribution >= 4 is 11.9 Å². The van der Waals surface area contributed by atoms with Gasteiger partial charge in [-0.05, 0) is 33.1 Å². The highest BCUT2D eigenvalue weighted by Gasteiger charge is 2.31. The van der Waals surface area contributed by atoms with E-state index < -0.39 is 11.6 Å². The number of nitrogens with one attached hydrogen (secondary N) is 1. The van der Waals surface area contributed by atoms with Crippen LogP contribution in [0.2, 0.25) is 0 Å². The molecule has 0 heterocycles. The Morgan fingerprint density at radius 1 is 1.32 bits per heavy atom. The van der Waals surface area contributed by atoms with E-state index in [0.717, 1.165) is 12.8 Å². The third-order valence-corrected chi connectivity index (χ3v) is 3.68. The lowest BCUT2D eigenvalue weighted by Crippen LogP contribution is -2.48. The topological polar surface area (TPSA) is 75.6 Å². The Morgan fingerprint density at radius 2 is 1.89 bits per heavy atom. The van der Waals surface area contributed by atoms with Gasteiger partial charge < -0.3 is 15.2 Å². The van der Waals surface area contributed by atoms with Crippen LogP contribution in [0.1, 0.15) is 53.4 Å². The summed E-state index contributed by atoms with van der Waals surface area (Å²) in [5, 5.41) is 11.7. The van der Waals surface area contributed by atoms with Crippen LogP contribution in [0, 0.1) is 5.92 Å². The Labute approximate surface area is 115 Å². The van der Waals surface area contributed by atoms with Gasteiger partial charge in [-0.3, -0.25) is 9.59 Å². The number of carboxylic acid groups (broad SMARTS) is 1. The summed E-state index contributed by atoms with van der Waals surface area (Å²) in [6.45, 7) is 7.30. The molecule has 5 heteroatoms. The van der Waals surface area contributed by atoms with E-state index in [2.05, 4.69) is 5.32 Å². The predicted molar refractivity (Wildman–Crippen MR) is 74.0 cm³/mol. The summed E-state index contributed by atoms with van der Waals surface area (Å²) in [6.07, 6.45) is 2.79. The first-order chi connectivity index (χ1) is 8.76. The highest BCUT2D eigenvalue weighted by molar-refractivity contribution is 5.84. The molecule has 2 N–H and O–H groups in total. The Hall–Kier alpha value is -1.10. The van der Waals surface area contributed by atoms with Crippen molar-refractivity contribution in [1.82, 2.24) is 5.32 Å². The minimum absolute atomic E-state index is 0.0227. The third-order valence-electron chi connectivity index (χ3n) is 3.68. The smallest absolute Gasteiger partial charge is 0.306 e. The van der Waals surface area contributed by atoms with Gasteiger partial charge in [-0.25, -0.2) is 0 Å². The van der Waals surface area contributed by atoms with Gasteiger partial charge in [-0.15, -0.1) is 0 Å². The molecule has 0 aromatic rings. The maximum atomic E-state index is 12.0. The molecule has 0 bridgehead atoms. The molecule has 112 valence electrons. The Bertz CT molecular complexity index is 300. The molecule has 19 heavy (non-hydrogen) atoms. The Balaban J connectivity index is 4.08. The maximum Gasteiger partial charge on any atom is 0.306 e. The van der Waals surface area contributed by atoms with Crippen LogP contribution >= 0.6 is 0 Å². The zero-order valence-electron chi connectivity index (χ0n) is 12.7. The first-order valence-corrected chi connectivity index (χ1v) is 6.85. The highest BCUT2D eigenvalue weighted by atomic mass is 16.5. The molecule has 1 amide bonds. The second kappa shape index (κ2) is 8.15. The average molecular weight is 273 g/mol. The van der Waals surface area contributed by atoms with Gasteiger partial charge >= 0.3 is 5.97 Å². The van der Waals surface area contributed by atoms with Crippen LogP contribution in [-0.2, 0) is 14.3 Å². The van der Waals surface area contributed by atoms with E-state index in [1.165, 1.54) is 7.11 Å². The van der Waals surface area contributed by atoms with E-state index in [0.29, 0.717) is 12.8 Å². The average Bonchev–Trinajstić information content (AvgIpc) is 2.37. The standard InChI is InChI=1S/C14H27NO4/c1-6-14(4,19-5)13(18)15-11(3)9-7-8-10(2)12(16)17/h10-11H,6-9H2,1-5H3,(H,15,18)(H,16,17). The molecule has 5 nitrogen and oxygen atoms in total. The van der Waals surface area contributed by atoms with Crippen molar-refractivity contribution in [2.24, 2.45) is 5.92 Å². The molecule has 0 aliphatic rings. The van der Waals surface area contributed by atoms with E-state index in [-0.39, 0.29) is 17.9 Å². The van der Waals surface area contributed by atoms with Crippen molar-refractivity contribution in [3.63, 3.8) is 0 Å². The van der Waals surface area contributed by atoms with Crippen LogP contribution in [0.5, 0.6) is 0 Å². The number of carbonyl (C=O) groups excluding carboxylic acids is 1. The van der Waals surface area contributed by atoms with E-state index in [4.69, 9.17) is 9.84 Å². The van der Waals surface area contributed by atoms with Crippen molar-refractivity contribution < 1.29 is 19.4 Å². The minimum Gasteiger partial charge on any atom is -0.481 e. The third kappa shape index (κ3) is 6.05. The molecular weight excluding hydrogens is 246 g/mol. The lowest BCUT2D eigenvalue weighted by molar-refractivity contribution is -0.143. The molecular formula is C14H27NO4. The molecule has 0 rings (SSSR count). The number of carboxylic acids is 1. The number of aliphatic carboxylic acids is 1. The van der Waals surface area contributed by atoms with E-state index >= 15 is 0 Å². The van der Waals surface area contributed by atoms with Gasteiger partial charge in [0.05, 0.1) is 5.92 Å².